The number of aliphatic hydroxyl groups excluding tert-OH is 1. The Labute approximate surface area is 135 Å². The van der Waals surface area contributed by atoms with Crippen LogP contribution in [0.4, 0.5) is 0 Å². The van der Waals surface area contributed by atoms with Gasteiger partial charge in [0.05, 0.1) is 19.3 Å². The van der Waals surface area contributed by atoms with E-state index in [4.69, 9.17) is 4.43 Å². The second kappa shape index (κ2) is 8.01. The van der Waals surface area contributed by atoms with Crippen LogP contribution in [0.5, 0.6) is 0 Å². The van der Waals surface area contributed by atoms with E-state index < -0.39 is 8.32 Å². The van der Waals surface area contributed by atoms with E-state index >= 15 is 0 Å². The fourth-order valence-electron chi connectivity index (χ4n) is 1.81. The zero-order valence-electron chi connectivity index (χ0n) is 14.3. The quantitative estimate of drug-likeness (QED) is 0.570. The summed E-state index contributed by atoms with van der Waals surface area (Å²) in [6.07, 6.45) is -0.274. The second-order valence-electron chi connectivity index (χ2n) is 7.10. The van der Waals surface area contributed by atoms with Gasteiger partial charge in [0.1, 0.15) is 0 Å². The molecule has 124 valence electrons. The molecule has 0 saturated heterocycles. The topological polar surface area (TPSA) is 58.6 Å². The smallest absolute Gasteiger partial charge is 0.192 e. The van der Waals surface area contributed by atoms with Crippen LogP contribution in [0.2, 0.25) is 18.1 Å². The van der Waals surface area contributed by atoms with Crippen molar-refractivity contribution in [2.45, 2.75) is 45.0 Å². The van der Waals surface area contributed by atoms with Crippen LogP contribution < -0.4 is 5.32 Å². The first-order valence-corrected chi connectivity index (χ1v) is 10.7. The van der Waals surface area contributed by atoms with Gasteiger partial charge in [0.15, 0.2) is 14.1 Å². The van der Waals surface area contributed by atoms with Crippen molar-refractivity contribution in [3.8, 4) is 0 Å². The largest absolute Gasteiger partial charge is 0.410 e. The highest BCUT2D eigenvalue weighted by Crippen LogP contribution is 2.37. The van der Waals surface area contributed by atoms with Crippen LogP contribution in [0.3, 0.4) is 0 Å². The molecule has 0 amide bonds. The molecule has 0 aromatic heterocycles. The molecule has 0 aliphatic carbocycles. The molecule has 4 nitrogen and oxygen atoms in total. The van der Waals surface area contributed by atoms with Crippen LogP contribution in [0, 0.1) is 0 Å². The van der Waals surface area contributed by atoms with Crippen molar-refractivity contribution in [1.29, 1.82) is 0 Å². The standard InChI is InChI=1S/C17H29NO3Si/c1-17(2,3)22(4,5)21-15(13-19)11-18-12-16(20)14-9-7-6-8-10-14/h6-10,15,18-19H,11-13H2,1-5H3. The predicted molar refractivity (Wildman–Crippen MR) is 92.8 cm³/mol. The summed E-state index contributed by atoms with van der Waals surface area (Å²) in [5, 5.41) is 12.7. The van der Waals surface area contributed by atoms with E-state index in [1.54, 1.807) is 12.1 Å². The van der Waals surface area contributed by atoms with Gasteiger partial charge in [0.2, 0.25) is 0 Å². The molecule has 0 aliphatic heterocycles. The third kappa shape index (κ3) is 5.65. The average Bonchev–Trinajstić information content (AvgIpc) is 2.45. The summed E-state index contributed by atoms with van der Waals surface area (Å²) >= 11 is 0. The third-order valence-electron chi connectivity index (χ3n) is 4.22. The van der Waals surface area contributed by atoms with Gasteiger partial charge in [-0.25, -0.2) is 0 Å². The molecule has 1 atom stereocenters. The number of rotatable bonds is 8. The molecule has 0 spiro atoms. The van der Waals surface area contributed by atoms with Gasteiger partial charge in [-0.05, 0) is 18.1 Å². The molecule has 0 radical (unpaired) electrons. The van der Waals surface area contributed by atoms with Crippen molar-refractivity contribution in [1.82, 2.24) is 5.32 Å². The van der Waals surface area contributed by atoms with Gasteiger partial charge in [-0.3, -0.25) is 4.79 Å². The molecule has 0 bridgehead atoms. The molecule has 0 aliphatic rings. The second-order valence-corrected chi connectivity index (χ2v) is 11.9. The maximum absolute atomic E-state index is 12.0. The molecule has 0 heterocycles. The maximum atomic E-state index is 12.0. The minimum atomic E-state index is -1.91. The Balaban J connectivity index is 2.46. The Kier molecular flexibility index (Phi) is 6.93. The molecule has 5 heteroatoms. The highest BCUT2D eigenvalue weighted by atomic mass is 28.4. The Hall–Kier alpha value is -1.01. The molecule has 1 aromatic carbocycles. The summed E-state index contributed by atoms with van der Waals surface area (Å²) in [7, 11) is -1.91. The predicted octanol–water partition coefficient (Wildman–Crippen LogP) is 2.84. The number of aliphatic hydroxyl groups is 1. The molecule has 0 fully saturated rings. The van der Waals surface area contributed by atoms with Crippen molar-refractivity contribution in [3.63, 3.8) is 0 Å². The SMILES string of the molecule is CC(C)(C)[Si](C)(C)OC(CO)CNCC(=O)c1ccccc1. The summed E-state index contributed by atoms with van der Waals surface area (Å²) in [5.41, 5.74) is 0.695. The van der Waals surface area contributed by atoms with Crippen LogP contribution in [0.15, 0.2) is 30.3 Å². The number of benzene rings is 1. The monoisotopic (exact) mass is 323 g/mol. The average molecular weight is 324 g/mol. The lowest BCUT2D eigenvalue weighted by Crippen LogP contribution is -2.48. The van der Waals surface area contributed by atoms with Gasteiger partial charge in [-0.1, -0.05) is 51.1 Å². The van der Waals surface area contributed by atoms with E-state index in [-0.39, 0.29) is 30.1 Å². The van der Waals surface area contributed by atoms with Gasteiger partial charge in [-0.2, -0.15) is 0 Å². The van der Waals surface area contributed by atoms with Crippen molar-refractivity contribution in [3.05, 3.63) is 35.9 Å². The molecule has 1 unspecified atom stereocenters. The normalized spacial score (nSPS) is 13.9. The van der Waals surface area contributed by atoms with Crippen molar-refractivity contribution in [2.75, 3.05) is 19.7 Å². The van der Waals surface area contributed by atoms with Crippen LogP contribution in [0.25, 0.3) is 0 Å². The molecular weight excluding hydrogens is 294 g/mol. The van der Waals surface area contributed by atoms with E-state index in [0.717, 1.165) is 0 Å². The summed E-state index contributed by atoms with van der Waals surface area (Å²) in [6, 6.07) is 9.20. The lowest BCUT2D eigenvalue weighted by Gasteiger charge is -2.39. The van der Waals surface area contributed by atoms with Gasteiger partial charge in [-0.15, -0.1) is 0 Å². The molecule has 1 rings (SSSR count). The van der Waals surface area contributed by atoms with Crippen LogP contribution in [0.1, 0.15) is 31.1 Å². The summed E-state index contributed by atoms with van der Waals surface area (Å²) in [5.74, 6) is 0.0459. The fourth-order valence-corrected chi connectivity index (χ4v) is 3.15. The highest BCUT2D eigenvalue weighted by Gasteiger charge is 2.38. The van der Waals surface area contributed by atoms with Gasteiger partial charge in [0.25, 0.3) is 0 Å². The van der Waals surface area contributed by atoms with E-state index in [9.17, 15) is 9.90 Å². The van der Waals surface area contributed by atoms with Gasteiger partial charge >= 0.3 is 0 Å². The minimum absolute atomic E-state index is 0.0426. The van der Waals surface area contributed by atoms with Crippen molar-refractivity contribution in [2.24, 2.45) is 0 Å². The number of hydrogen-bond donors (Lipinski definition) is 2. The Morgan fingerprint density at radius 3 is 2.36 bits per heavy atom. The maximum Gasteiger partial charge on any atom is 0.192 e. The molecule has 1 aromatic rings. The van der Waals surface area contributed by atoms with Crippen LogP contribution >= 0.6 is 0 Å². The first-order chi connectivity index (χ1) is 10.2. The van der Waals surface area contributed by atoms with E-state index in [0.29, 0.717) is 12.1 Å². The lowest BCUT2D eigenvalue weighted by atomic mass is 10.1. The number of hydrogen-bond acceptors (Lipinski definition) is 4. The van der Waals surface area contributed by atoms with Gasteiger partial charge in [0, 0.05) is 12.1 Å². The highest BCUT2D eigenvalue weighted by molar-refractivity contribution is 6.74. The molecule has 2 N–H and O–H groups in total. The number of ketones is 1. The van der Waals surface area contributed by atoms with Crippen molar-refractivity contribution < 1.29 is 14.3 Å². The Morgan fingerprint density at radius 2 is 1.86 bits per heavy atom. The lowest BCUT2D eigenvalue weighted by molar-refractivity contribution is 0.0931. The fraction of sp³-hybridized carbons (Fsp3) is 0.588. The van der Waals surface area contributed by atoms with Crippen molar-refractivity contribution >= 4 is 14.1 Å². The summed E-state index contributed by atoms with van der Waals surface area (Å²) < 4.78 is 6.15. The van der Waals surface area contributed by atoms with E-state index in [2.05, 4.69) is 39.2 Å². The molecular formula is C17H29NO3Si. The van der Waals surface area contributed by atoms with E-state index in [1.807, 2.05) is 18.2 Å². The summed E-state index contributed by atoms with van der Waals surface area (Å²) in [4.78, 5) is 12.0. The first kappa shape index (κ1) is 19.0. The number of Topliss-reactive ketones (excluding diaryl/α,β-unsaturated/α-hetero) is 1. The van der Waals surface area contributed by atoms with Crippen LogP contribution in [-0.2, 0) is 4.43 Å². The third-order valence-corrected chi connectivity index (χ3v) is 8.76. The molecule has 22 heavy (non-hydrogen) atoms. The van der Waals surface area contributed by atoms with Gasteiger partial charge < -0.3 is 14.8 Å². The zero-order chi connectivity index (χ0) is 16.8. The number of carbonyl (C=O) groups is 1. The number of carbonyl (C=O) groups excluding carboxylic acids is 1. The van der Waals surface area contributed by atoms with E-state index in [1.165, 1.54) is 0 Å². The Bertz CT molecular complexity index is 469. The summed E-state index contributed by atoms with van der Waals surface area (Å²) in [6.45, 7) is 11.5. The zero-order valence-corrected chi connectivity index (χ0v) is 15.3. The van der Waals surface area contributed by atoms with Crippen LogP contribution in [-0.4, -0.2) is 45.0 Å². The minimum Gasteiger partial charge on any atom is -0.410 e. The Morgan fingerprint density at radius 1 is 1.27 bits per heavy atom. The molecule has 0 saturated carbocycles. The number of nitrogens with one attached hydrogen (secondary N) is 1. The first-order valence-electron chi connectivity index (χ1n) is 7.75.